The molecule has 20 heavy (non-hydrogen) atoms. The summed E-state index contributed by atoms with van der Waals surface area (Å²) in [4.78, 5) is 3.53. The molecule has 0 aliphatic carbocycles. The first-order valence-electron chi connectivity index (χ1n) is 5.80. The molecule has 2 aromatic rings. The van der Waals surface area contributed by atoms with Crippen molar-refractivity contribution in [1.82, 2.24) is 9.71 Å². The number of sulfonamides is 1. The molecular formula is C13H12ClFN2O2S. The number of alkyl halides is 1. The van der Waals surface area contributed by atoms with Gasteiger partial charge in [0.25, 0.3) is 10.0 Å². The van der Waals surface area contributed by atoms with E-state index in [0.717, 1.165) is 11.6 Å². The number of nitrogens with one attached hydrogen (secondary N) is 1. The first-order chi connectivity index (χ1) is 9.50. The Balaban J connectivity index is 2.09. The summed E-state index contributed by atoms with van der Waals surface area (Å²) in [6, 6.07) is 11.4. The number of nitrogens with zero attached hydrogens (tertiary/aromatic N) is 1. The van der Waals surface area contributed by atoms with E-state index in [0.29, 0.717) is 0 Å². The molecule has 0 amide bonds. The lowest BCUT2D eigenvalue weighted by Gasteiger charge is -2.11. The summed E-state index contributed by atoms with van der Waals surface area (Å²) in [7, 11) is -4.01. The van der Waals surface area contributed by atoms with Gasteiger partial charge in [-0.3, -0.25) is 0 Å². The Morgan fingerprint density at radius 2 is 1.90 bits per heavy atom. The summed E-state index contributed by atoms with van der Waals surface area (Å²) >= 11 is 6.10. The SMILES string of the molecule is O=S(=O)(NCC(Cl)c1ccccc1)c1ncccc1F. The minimum absolute atomic E-state index is 0.0517. The highest BCUT2D eigenvalue weighted by molar-refractivity contribution is 7.89. The molecule has 4 nitrogen and oxygen atoms in total. The zero-order valence-electron chi connectivity index (χ0n) is 10.3. The van der Waals surface area contributed by atoms with Crippen LogP contribution in [0.3, 0.4) is 0 Å². The quantitative estimate of drug-likeness (QED) is 0.863. The molecule has 0 fully saturated rings. The topological polar surface area (TPSA) is 59.1 Å². The molecule has 7 heteroatoms. The molecular weight excluding hydrogens is 303 g/mol. The maximum Gasteiger partial charge on any atom is 0.261 e. The predicted molar refractivity (Wildman–Crippen MR) is 74.4 cm³/mol. The van der Waals surface area contributed by atoms with Crippen LogP contribution < -0.4 is 4.72 Å². The van der Waals surface area contributed by atoms with Crippen LogP contribution in [0.5, 0.6) is 0 Å². The highest BCUT2D eigenvalue weighted by atomic mass is 35.5. The van der Waals surface area contributed by atoms with Crippen LogP contribution in [0.2, 0.25) is 0 Å². The van der Waals surface area contributed by atoms with Gasteiger partial charge in [-0.15, -0.1) is 11.6 Å². The van der Waals surface area contributed by atoms with E-state index in [1.807, 2.05) is 6.07 Å². The fourth-order valence-corrected chi connectivity index (χ4v) is 2.96. The molecule has 106 valence electrons. The summed E-state index contributed by atoms with van der Waals surface area (Å²) in [5, 5.41) is -1.17. The average molecular weight is 315 g/mol. The molecule has 0 radical (unpaired) electrons. The minimum Gasteiger partial charge on any atom is -0.241 e. The Kier molecular flexibility index (Phi) is 4.69. The molecule has 0 aliphatic rings. The van der Waals surface area contributed by atoms with Gasteiger partial charge in [0, 0.05) is 12.7 Å². The molecule has 1 N–H and O–H groups in total. The first-order valence-corrected chi connectivity index (χ1v) is 7.72. The van der Waals surface area contributed by atoms with Crippen molar-refractivity contribution in [3.05, 3.63) is 60.0 Å². The third-order valence-corrected chi connectivity index (χ3v) is 4.36. The first kappa shape index (κ1) is 14.9. The molecule has 0 bridgehead atoms. The molecule has 0 aliphatic heterocycles. The Morgan fingerprint density at radius 3 is 2.55 bits per heavy atom. The molecule has 0 saturated carbocycles. The van der Waals surface area contributed by atoms with Crippen LogP contribution in [-0.2, 0) is 10.0 Å². The van der Waals surface area contributed by atoms with E-state index in [1.54, 1.807) is 24.3 Å². The van der Waals surface area contributed by atoms with Gasteiger partial charge in [-0.25, -0.2) is 22.5 Å². The van der Waals surface area contributed by atoms with Crippen molar-refractivity contribution in [3.8, 4) is 0 Å². The second-order valence-corrected chi connectivity index (χ2v) is 6.23. The Hall–Kier alpha value is -1.50. The standard InChI is InChI=1S/C13H12ClFN2O2S/c14-11(10-5-2-1-3-6-10)9-17-20(18,19)13-12(15)7-4-8-16-13/h1-8,11,17H,9H2. The summed E-state index contributed by atoms with van der Waals surface area (Å²) in [6.07, 6.45) is 1.22. The Morgan fingerprint density at radius 1 is 1.20 bits per heavy atom. The number of aromatic nitrogens is 1. The number of pyridine rings is 1. The second kappa shape index (κ2) is 6.30. The second-order valence-electron chi connectivity index (χ2n) is 4.02. The van der Waals surface area contributed by atoms with Gasteiger partial charge in [-0.1, -0.05) is 30.3 Å². The zero-order valence-corrected chi connectivity index (χ0v) is 11.9. The van der Waals surface area contributed by atoms with Crippen LogP contribution >= 0.6 is 11.6 Å². The highest BCUT2D eigenvalue weighted by Gasteiger charge is 2.21. The van der Waals surface area contributed by atoms with Crippen LogP contribution in [0.25, 0.3) is 0 Å². The van der Waals surface area contributed by atoms with Crippen LogP contribution in [0.4, 0.5) is 4.39 Å². The normalized spacial score (nSPS) is 13.1. The third kappa shape index (κ3) is 3.53. The fraction of sp³-hybridized carbons (Fsp3) is 0.154. The molecule has 1 heterocycles. The molecule has 2 rings (SSSR count). The lowest BCUT2D eigenvalue weighted by atomic mass is 10.1. The van der Waals surface area contributed by atoms with Gasteiger partial charge in [0.2, 0.25) is 5.03 Å². The van der Waals surface area contributed by atoms with Crippen molar-refractivity contribution in [2.24, 2.45) is 0 Å². The van der Waals surface area contributed by atoms with Crippen molar-refractivity contribution in [3.63, 3.8) is 0 Å². The maximum atomic E-state index is 13.4. The van der Waals surface area contributed by atoms with Crippen molar-refractivity contribution in [1.29, 1.82) is 0 Å². The van der Waals surface area contributed by atoms with E-state index < -0.39 is 26.2 Å². The molecule has 1 aromatic heterocycles. The lowest BCUT2D eigenvalue weighted by Crippen LogP contribution is -2.28. The molecule has 0 saturated heterocycles. The van der Waals surface area contributed by atoms with Gasteiger partial charge in [-0.05, 0) is 17.7 Å². The van der Waals surface area contributed by atoms with E-state index >= 15 is 0 Å². The van der Waals surface area contributed by atoms with Crippen LogP contribution in [0, 0.1) is 5.82 Å². The van der Waals surface area contributed by atoms with E-state index in [4.69, 9.17) is 11.6 Å². The van der Waals surface area contributed by atoms with Gasteiger partial charge in [0.15, 0.2) is 5.82 Å². The molecule has 1 unspecified atom stereocenters. The fourth-order valence-electron chi connectivity index (χ4n) is 1.60. The zero-order chi connectivity index (χ0) is 14.6. The van der Waals surface area contributed by atoms with Gasteiger partial charge >= 0.3 is 0 Å². The van der Waals surface area contributed by atoms with Crippen molar-refractivity contribution in [2.75, 3.05) is 6.54 Å². The van der Waals surface area contributed by atoms with Crippen molar-refractivity contribution in [2.45, 2.75) is 10.4 Å². The molecule has 1 atom stereocenters. The van der Waals surface area contributed by atoms with E-state index in [-0.39, 0.29) is 6.54 Å². The van der Waals surface area contributed by atoms with Gasteiger partial charge < -0.3 is 0 Å². The molecule has 0 spiro atoms. The van der Waals surface area contributed by atoms with Crippen LogP contribution in [0.1, 0.15) is 10.9 Å². The van der Waals surface area contributed by atoms with Gasteiger partial charge in [0.05, 0.1) is 5.38 Å². The Labute approximate surface area is 121 Å². The minimum atomic E-state index is -4.01. The summed E-state index contributed by atoms with van der Waals surface area (Å²) in [5.41, 5.74) is 0.776. The summed E-state index contributed by atoms with van der Waals surface area (Å²) in [5.74, 6) is -0.897. The summed E-state index contributed by atoms with van der Waals surface area (Å²) < 4.78 is 39.5. The van der Waals surface area contributed by atoms with Gasteiger partial charge in [0.1, 0.15) is 0 Å². The summed E-state index contributed by atoms with van der Waals surface area (Å²) in [6.45, 7) is -0.0517. The largest absolute Gasteiger partial charge is 0.261 e. The average Bonchev–Trinajstić information content (AvgIpc) is 2.46. The van der Waals surface area contributed by atoms with Crippen LogP contribution in [0.15, 0.2) is 53.7 Å². The van der Waals surface area contributed by atoms with E-state index in [1.165, 1.54) is 12.3 Å². The number of rotatable bonds is 5. The molecule has 1 aromatic carbocycles. The highest BCUT2D eigenvalue weighted by Crippen LogP contribution is 2.19. The van der Waals surface area contributed by atoms with Gasteiger partial charge in [-0.2, -0.15) is 0 Å². The number of benzene rings is 1. The number of hydrogen-bond donors (Lipinski definition) is 1. The third-order valence-electron chi connectivity index (χ3n) is 2.59. The monoisotopic (exact) mass is 314 g/mol. The predicted octanol–water partition coefficient (Wildman–Crippen LogP) is 2.48. The lowest BCUT2D eigenvalue weighted by molar-refractivity contribution is 0.544. The Bertz CT molecular complexity index is 680. The number of hydrogen-bond acceptors (Lipinski definition) is 3. The number of halogens is 2. The smallest absolute Gasteiger partial charge is 0.241 e. The van der Waals surface area contributed by atoms with Crippen molar-refractivity contribution < 1.29 is 12.8 Å². The van der Waals surface area contributed by atoms with Crippen molar-refractivity contribution >= 4 is 21.6 Å². The van der Waals surface area contributed by atoms with Crippen LogP contribution in [-0.4, -0.2) is 19.9 Å². The maximum absolute atomic E-state index is 13.4. The van der Waals surface area contributed by atoms with E-state index in [9.17, 15) is 12.8 Å². The van der Waals surface area contributed by atoms with E-state index in [2.05, 4.69) is 9.71 Å².